The first-order valence-electron chi connectivity index (χ1n) is 11.6. The molecule has 3 atom stereocenters. The van der Waals surface area contributed by atoms with Crippen LogP contribution in [0.15, 0.2) is 27.0 Å². The van der Waals surface area contributed by atoms with Gasteiger partial charge >= 0.3 is 35.5 Å². The van der Waals surface area contributed by atoms with E-state index in [2.05, 4.69) is 31.0 Å². The van der Waals surface area contributed by atoms with Crippen molar-refractivity contribution < 1.29 is 63.8 Å². The van der Waals surface area contributed by atoms with E-state index < -0.39 is 47.8 Å². The average molecular weight is 635 g/mol. The molecule has 0 saturated carbocycles. The van der Waals surface area contributed by atoms with E-state index in [1.165, 1.54) is 17.1 Å². The fourth-order valence-corrected chi connectivity index (χ4v) is 6.59. The van der Waals surface area contributed by atoms with E-state index in [4.69, 9.17) is 21.4 Å². The number of carbonyl (C=O) groups is 4. The fourth-order valence-electron chi connectivity index (χ4n) is 3.68. The van der Waals surface area contributed by atoms with Crippen LogP contribution < -0.4 is 51.4 Å². The summed E-state index contributed by atoms with van der Waals surface area (Å²) in [7, 11) is 0. The van der Waals surface area contributed by atoms with E-state index in [1.807, 2.05) is 6.92 Å². The Hall–Kier alpha value is -2.75. The number of hydrogen-bond acceptors (Lipinski definition) is 16. The van der Waals surface area contributed by atoms with Gasteiger partial charge in [-0.25, -0.2) is 9.67 Å². The predicted octanol–water partition coefficient (Wildman–Crippen LogP) is -5.55. The van der Waals surface area contributed by atoms with Crippen LogP contribution in [0.3, 0.4) is 0 Å². The number of amides is 2. The summed E-state index contributed by atoms with van der Waals surface area (Å²) in [6.45, 7) is 1.53. The van der Waals surface area contributed by atoms with Gasteiger partial charge in [-0.1, -0.05) is 23.8 Å². The van der Waals surface area contributed by atoms with Gasteiger partial charge in [-0.3, -0.25) is 19.3 Å². The number of tetrazole rings is 1. The topological polar surface area (TPSA) is 257 Å². The van der Waals surface area contributed by atoms with Crippen molar-refractivity contribution in [3.8, 4) is 0 Å². The number of nitrogens with two attached hydrogens (primary N) is 2. The van der Waals surface area contributed by atoms with Crippen molar-refractivity contribution >= 4 is 69.5 Å². The van der Waals surface area contributed by atoms with E-state index in [-0.39, 0.29) is 75.0 Å². The molecule has 0 bridgehead atoms. The molecule has 1 saturated heterocycles. The molecule has 0 radical (unpaired) electrons. The number of nitrogens with zero attached hydrogens (tertiary/aromatic N) is 7. The molecule has 2 aliphatic heterocycles. The number of nitrogen functional groups attached to an aromatic ring is 1. The van der Waals surface area contributed by atoms with Crippen LogP contribution in [0.4, 0.5) is 5.13 Å². The van der Waals surface area contributed by atoms with Gasteiger partial charge in [0.05, 0.1) is 11.7 Å². The Kier molecular flexibility index (Phi) is 11.5. The van der Waals surface area contributed by atoms with Crippen LogP contribution in [-0.4, -0.2) is 100 Å². The predicted molar refractivity (Wildman–Crippen MR) is 141 cm³/mol. The second-order valence-corrected chi connectivity index (χ2v) is 11.2. The summed E-state index contributed by atoms with van der Waals surface area (Å²) in [6.07, 6.45) is 0.0883. The number of carbonyl (C=O) groups excluding carboxylic acids is 3. The van der Waals surface area contributed by atoms with Crippen molar-refractivity contribution in [3.05, 3.63) is 22.3 Å². The summed E-state index contributed by atoms with van der Waals surface area (Å²) in [5.74, 6) is -3.88. The van der Waals surface area contributed by atoms with Crippen LogP contribution >= 0.6 is 34.9 Å². The van der Waals surface area contributed by atoms with Gasteiger partial charge in [0.15, 0.2) is 10.8 Å². The van der Waals surface area contributed by atoms with Crippen LogP contribution in [0.5, 0.6) is 0 Å². The third-order valence-corrected chi connectivity index (χ3v) is 8.73. The Morgan fingerprint density at radius 2 is 2.17 bits per heavy atom. The minimum atomic E-state index is -1.56. The normalized spacial score (nSPS) is 19.1. The molecular weight excluding hydrogens is 611 g/mol. The van der Waals surface area contributed by atoms with Gasteiger partial charge in [0, 0.05) is 23.4 Å². The molecule has 2 aromatic heterocycles. The molecule has 0 aliphatic carbocycles. The van der Waals surface area contributed by atoms with Crippen LogP contribution in [0.2, 0.25) is 0 Å². The minimum Gasteiger partial charge on any atom is -0.543 e. The molecule has 21 heteroatoms. The maximum atomic E-state index is 13.2. The first-order chi connectivity index (χ1) is 19.1. The number of thioether (sulfide) groups is 2. The molecule has 17 nitrogen and oxygen atoms in total. The zero-order valence-electron chi connectivity index (χ0n) is 21.8. The van der Waals surface area contributed by atoms with E-state index in [0.717, 1.165) is 32.7 Å². The van der Waals surface area contributed by atoms with Crippen molar-refractivity contribution in [1.82, 2.24) is 35.4 Å². The van der Waals surface area contributed by atoms with E-state index in [9.17, 15) is 24.3 Å². The van der Waals surface area contributed by atoms with Crippen molar-refractivity contribution in [3.63, 3.8) is 0 Å². The zero-order chi connectivity index (χ0) is 29.0. The number of rotatable bonds is 13. The smallest absolute Gasteiger partial charge is 0.543 e. The molecule has 214 valence electrons. The van der Waals surface area contributed by atoms with Crippen LogP contribution in [0.1, 0.15) is 19.0 Å². The van der Waals surface area contributed by atoms with Gasteiger partial charge < -0.3 is 36.6 Å². The number of aromatic nitrogens is 5. The number of carboxylic acids is 2. The Morgan fingerprint density at radius 3 is 2.78 bits per heavy atom. The molecular formula is C20H23N10NaO7S3. The van der Waals surface area contributed by atoms with Gasteiger partial charge in [0.1, 0.15) is 29.8 Å². The van der Waals surface area contributed by atoms with Crippen LogP contribution in [0, 0.1) is 0 Å². The van der Waals surface area contributed by atoms with Gasteiger partial charge in [0.2, 0.25) is 5.16 Å². The third-order valence-electron chi connectivity index (χ3n) is 5.68. The molecule has 4 heterocycles. The number of fused-ring (bicyclic) bond motifs is 1. The number of hydrogen-bond donors (Lipinski definition) is 4. The molecule has 41 heavy (non-hydrogen) atoms. The van der Waals surface area contributed by atoms with Gasteiger partial charge in [-0.15, -0.1) is 28.2 Å². The standard InChI is InChI=1S/C20H24N10O7S3.Na/c1-2-9(3-21)37-26-12(10-7-39-19(22)23-10)15(33)24-13-16(34)30-14(18(35)36)8(5-38-17(13)30)6-40-20-25-27-28-29(20)4-11(31)32;/h7,9,13,17H,2-6,21H2,1H3,(H2,22,23)(H,24,33)(H,31,32)(H,35,36);/q;+1/p-1/b26-12+;/t9?,13?,17-;/m1./s1. The van der Waals surface area contributed by atoms with Gasteiger partial charge in [-0.2, -0.15) is 0 Å². The Morgan fingerprint density at radius 1 is 1.41 bits per heavy atom. The maximum absolute atomic E-state index is 13.2. The number of nitrogens with one attached hydrogen (secondary N) is 1. The summed E-state index contributed by atoms with van der Waals surface area (Å²) in [6, 6.07) is -1.05. The van der Waals surface area contributed by atoms with E-state index in [0.29, 0.717) is 12.0 Å². The number of oxime groups is 1. The fraction of sp³-hybridized carbons (Fsp3) is 0.450. The number of carboxylic acid groups (broad SMARTS) is 2. The van der Waals surface area contributed by atoms with Crippen molar-refractivity contribution in [2.45, 2.75) is 42.6 Å². The van der Waals surface area contributed by atoms with Crippen molar-refractivity contribution in [2.75, 3.05) is 23.8 Å². The second-order valence-electron chi connectivity index (χ2n) is 8.28. The van der Waals surface area contributed by atoms with Crippen LogP contribution in [-0.2, 0) is 30.6 Å². The molecule has 2 aliphatic rings. The second kappa shape index (κ2) is 14.4. The molecule has 2 aromatic rings. The summed E-state index contributed by atoms with van der Waals surface area (Å²) in [5, 5.41) is 39.5. The van der Waals surface area contributed by atoms with Crippen molar-refractivity contribution in [1.29, 1.82) is 0 Å². The SMILES string of the molecule is CCC(CN)O/N=C(/C(=O)NC1C(=O)N2C(C(=O)[O-])=C(CSc3nnnn3CC(=O)O)CS[C@H]12)c1csc(N)n1.[Na+]. The molecule has 0 aromatic carbocycles. The van der Waals surface area contributed by atoms with Crippen LogP contribution in [0.25, 0.3) is 0 Å². The first kappa shape index (κ1) is 32.8. The van der Waals surface area contributed by atoms with Crippen molar-refractivity contribution in [2.24, 2.45) is 10.9 Å². The number of anilines is 1. The number of thiazole rings is 1. The molecule has 2 amide bonds. The quantitative estimate of drug-likeness (QED) is 0.0527. The van der Waals surface area contributed by atoms with E-state index in [1.54, 1.807) is 0 Å². The molecule has 1 fully saturated rings. The number of β-lactam (4-membered cyclic amide) rings is 1. The zero-order valence-corrected chi connectivity index (χ0v) is 26.2. The number of aliphatic carboxylic acids is 2. The van der Waals surface area contributed by atoms with Gasteiger partial charge in [0.25, 0.3) is 11.8 Å². The first-order valence-corrected chi connectivity index (χ1v) is 14.5. The average Bonchev–Trinajstić information content (AvgIpc) is 3.55. The third kappa shape index (κ3) is 7.37. The monoisotopic (exact) mass is 634 g/mol. The summed E-state index contributed by atoms with van der Waals surface area (Å²) in [4.78, 5) is 59.8. The largest absolute Gasteiger partial charge is 1.00 e. The molecule has 0 spiro atoms. The summed E-state index contributed by atoms with van der Waals surface area (Å²) in [5.41, 5.74) is 11.3. The summed E-state index contributed by atoms with van der Waals surface area (Å²) < 4.78 is 1.06. The van der Waals surface area contributed by atoms with Gasteiger partial charge in [-0.05, 0) is 22.4 Å². The molecule has 2 unspecified atom stereocenters. The van der Waals surface area contributed by atoms with E-state index >= 15 is 0 Å². The minimum absolute atomic E-state index is 0. The molecule has 4 rings (SSSR count). The Labute approximate surface area is 266 Å². The summed E-state index contributed by atoms with van der Waals surface area (Å²) >= 11 is 3.34. The maximum Gasteiger partial charge on any atom is 1.00 e. The molecule has 6 N–H and O–H groups in total. The Balaban J connectivity index is 0.00000462. The Bertz CT molecular complexity index is 1380.